The summed E-state index contributed by atoms with van der Waals surface area (Å²) in [6.07, 6.45) is -0.147. The Bertz CT molecular complexity index is 410. The van der Waals surface area contributed by atoms with Crippen LogP contribution in [0.3, 0.4) is 0 Å². The van der Waals surface area contributed by atoms with Crippen molar-refractivity contribution in [2.45, 2.75) is 13.0 Å². The second kappa shape index (κ2) is 6.32. The number of amidine groups is 1. The zero-order chi connectivity index (χ0) is 12.8. The highest BCUT2D eigenvalue weighted by molar-refractivity contribution is 6.31. The third-order valence-electron chi connectivity index (χ3n) is 2.05. The van der Waals surface area contributed by atoms with Crippen molar-refractivity contribution in [2.75, 3.05) is 13.7 Å². The Kier molecular flexibility index (Phi) is 5.06. The molecule has 0 bridgehead atoms. The summed E-state index contributed by atoms with van der Waals surface area (Å²) in [5.74, 6) is 0.446. The number of methoxy groups -OCH3 is 1. The van der Waals surface area contributed by atoms with Crippen molar-refractivity contribution >= 4 is 17.4 Å². The molecule has 1 aromatic carbocycles. The van der Waals surface area contributed by atoms with Gasteiger partial charge in [0, 0.05) is 12.1 Å². The highest BCUT2D eigenvalue weighted by Gasteiger charge is 2.12. The number of rotatable bonds is 5. The topological polar surface area (TPSA) is 77.1 Å². The van der Waals surface area contributed by atoms with E-state index in [2.05, 4.69) is 5.16 Å². The Morgan fingerprint density at radius 1 is 1.59 bits per heavy atom. The van der Waals surface area contributed by atoms with Crippen molar-refractivity contribution in [3.63, 3.8) is 0 Å². The van der Waals surface area contributed by atoms with Gasteiger partial charge in [-0.25, -0.2) is 0 Å². The first-order chi connectivity index (χ1) is 8.08. The molecule has 1 unspecified atom stereocenters. The van der Waals surface area contributed by atoms with Gasteiger partial charge in [-0.1, -0.05) is 16.8 Å². The standard InChI is InChI=1S/C11H15ClN2O3/c1-7(6-16-2)17-10-4-3-8(12)5-9(10)11(13)14-15/h3-5,7,15H,6H2,1-2H3,(H2,13,14). The van der Waals surface area contributed by atoms with Crippen molar-refractivity contribution in [1.82, 2.24) is 0 Å². The molecule has 0 radical (unpaired) electrons. The molecule has 17 heavy (non-hydrogen) atoms. The highest BCUT2D eigenvalue weighted by Crippen LogP contribution is 2.23. The first kappa shape index (κ1) is 13.6. The lowest BCUT2D eigenvalue weighted by Crippen LogP contribution is -2.21. The van der Waals surface area contributed by atoms with Gasteiger partial charge in [0.2, 0.25) is 0 Å². The summed E-state index contributed by atoms with van der Waals surface area (Å²) in [5, 5.41) is 12.1. The van der Waals surface area contributed by atoms with E-state index in [0.717, 1.165) is 0 Å². The summed E-state index contributed by atoms with van der Waals surface area (Å²) >= 11 is 5.84. The minimum Gasteiger partial charge on any atom is -0.488 e. The van der Waals surface area contributed by atoms with Crippen LogP contribution in [-0.2, 0) is 4.74 Å². The van der Waals surface area contributed by atoms with Crippen LogP contribution in [0, 0.1) is 0 Å². The van der Waals surface area contributed by atoms with Gasteiger partial charge in [0.15, 0.2) is 5.84 Å². The van der Waals surface area contributed by atoms with Crippen molar-refractivity contribution in [3.8, 4) is 5.75 Å². The van der Waals surface area contributed by atoms with Crippen LogP contribution in [0.5, 0.6) is 5.75 Å². The van der Waals surface area contributed by atoms with Crippen LogP contribution >= 0.6 is 11.6 Å². The van der Waals surface area contributed by atoms with Crippen LogP contribution in [-0.4, -0.2) is 30.9 Å². The van der Waals surface area contributed by atoms with Gasteiger partial charge in [0.25, 0.3) is 0 Å². The van der Waals surface area contributed by atoms with Gasteiger partial charge in [0.1, 0.15) is 11.9 Å². The first-order valence-corrected chi connectivity index (χ1v) is 5.39. The number of oxime groups is 1. The summed E-state index contributed by atoms with van der Waals surface area (Å²) in [6.45, 7) is 2.30. The number of hydrogen-bond donors (Lipinski definition) is 2. The number of benzene rings is 1. The van der Waals surface area contributed by atoms with Crippen molar-refractivity contribution < 1.29 is 14.7 Å². The fraction of sp³-hybridized carbons (Fsp3) is 0.364. The molecule has 0 aromatic heterocycles. The SMILES string of the molecule is COCC(C)Oc1ccc(Cl)cc1C(N)=NO. The summed E-state index contributed by atoms with van der Waals surface area (Å²) in [7, 11) is 1.59. The van der Waals surface area contributed by atoms with Gasteiger partial charge in [-0.3, -0.25) is 0 Å². The molecule has 0 aliphatic heterocycles. The average molecular weight is 259 g/mol. The van der Waals surface area contributed by atoms with Crippen LogP contribution in [0.15, 0.2) is 23.4 Å². The highest BCUT2D eigenvalue weighted by atomic mass is 35.5. The smallest absolute Gasteiger partial charge is 0.173 e. The van der Waals surface area contributed by atoms with E-state index in [4.69, 9.17) is 32.0 Å². The third-order valence-corrected chi connectivity index (χ3v) is 2.29. The Morgan fingerprint density at radius 3 is 2.88 bits per heavy atom. The van der Waals surface area contributed by atoms with Gasteiger partial charge < -0.3 is 20.4 Å². The van der Waals surface area contributed by atoms with Gasteiger partial charge in [-0.2, -0.15) is 0 Å². The van der Waals surface area contributed by atoms with E-state index in [1.54, 1.807) is 25.3 Å². The molecule has 0 heterocycles. The van der Waals surface area contributed by atoms with E-state index in [9.17, 15) is 0 Å². The lowest BCUT2D eigenvalue weighted by molar-refractivity contribution is 0.0919. The maximum absolute atomic E-state index is 8.68. The predicted octanol–water partition coefficient (Wildman–Crippen LogP) is 1.85. The van der Waals surface area contributed by atoms with E-state index >= 15 is 0 Å². The van der Waals surface area contributed by atoms with E-state index in [0.29, 0.717) is 22.9 Å². The van der Waals surface area contributed by atoms with Crippen LogP contribution in [0.2, 0.25) is 5.02 Å². The predicted molar refractivity (Wildman–Crippen MR) is 65.9 cm³/mol. The number of ether oxygens (including phenoxy) is 2. The van der Waals surface area contributed by atoms with Crippen LogP contribution in [0.4, 0.5) is 0 Å². The second-order valence-electron chi connectivity index (χ2n) is 3.51. The molecule has 94 valence electrons. The Labute approximate surface area is 105 Å². The van der Waals surface area contributed by atoms with Gasteiger partial charge >= 0.3 is 0 Å². The molecule has 0 saturated carbocycles. The molecular weight excluding hydrogens is 244 g/mol. The van der Waals surface area contributed by atoms with E-state index in [1.165, 1.54) is 0 Å². The monoisotopic (exact) mass is 258 g/mol. The van der Waals surface area contributed by atoms with E-state index in [-0.39, 0.29) is 11.9 Å². The first-order valence-electron chi connectivity index (χ1n) is 5.01. The van der Waals surface area contributed by atoms with Crippen molar-refractivity contribution in [1.29, 1.82) is 0 Å². The van der Waals surface area contributed by atoms with E-state index in [1.807, 2.05) is 6.92 Å². The molecular formula is C11H15ClN2O3. The van der Waals surface area contributed by atoms with Crippen LogP contribution < -0.4 is 10.5 Å². The Hall–Kier alpha value is -1.46. The summed E-state index contributed by atoms with van der Waals surface area (Å²) in [6, 6.07) is 4.91. The fourth-order valence-electron chi connectivity index (χ4n) is 1.34. The molecule has 0 aliphatic rings. The minimum absolute atomic E-state index is 0.0490. The van der Waals surface area contributed by atoms with Crippen LogP contribution in [0.25, 0.3) is 0 Å². The maximum atomic E-state index is 8.68. The normalized spacial score (nSPS) is 13.5. The maximum Gasteiger partial charge on any atom is 0.173 e. The van der Waals surface area contributed by atoms with Gasteiger partial charge in [0.05, 0.1) is 12.2 Å². The molecule has 0 amide bonds. The molecule has 1 rings (SSSR count). The molecule has 0 aliphatic carbocycles. The van der Waals surface area contributed by atoms with E-state index < -0.39 is 0 Å². The Balaban J connectivity index is 2.98. The molecule has 0 fully saturated rings. The second-order valence-corrected chi connectivity index (χ2v) is 3.95. The minimum atomic E-state index is -0.147. The molecule has 0 saturated heterocycles. The summed E-state index contributed by atoms with van der Waals surface area (Å²) in [5.41, 5.74) is 5.99. The lowest BCUT2D eigenvalue weighted by Gasteiger charge is -2.16. The zero-order valence-corrected chi connectivity index (χ0v) is 10.4. The van der Waals surface area contributed by atoms with Crippen molar-refractivity contribution in [2.24, 2.45) is 10.9 Å². The number of nitrogens with zero attached hydrogens (tertiary/aromatic N) is 1. The number of hydrogen-bond acceptors (Lipinski definition) is 4. The lowest BCUT2D eigenvalue weighted by atomic mass is 10.2. The molecule has 1 aromatic rings. The zero-order valence-electron chi connectivity index (χ0n) is 9.68. The molecule has 3 N–H and O–H groups in total. The quantitative estimate of drug-likeness (QED) is 0.366. The van der Waals surface area contributed by atoms with Gasteiger partial charge in [-0.15, -0.1) is 0 Å². The summed E-state index contributed by atoms with van der Waals surface area (Å²) < 4.78 is 10.6. The van der Waals surface area contributed by atoms with Crippen LogP contribution in [0.1, 0.15) is 12.5 Å². The average Bonchev–Trinajstić information content (AvgIpc) is 2.30. The molecule has 0 spiro atoms. The third kappa shape index (κ3) is 3.80. The fourth-order valence-corrected chi connectivity index (χ4v) is 1.52. The molecule has 5 nitrogen and oxygen atoms in total. The largest absolute Gasteiger partial charge is 0.488 e. The van der Waals surface area contributed by atoms with Gasteiger partial charge in [-0.05, 0) is 25.1 Å². The molecule has 6 heteroatoms. The summed E-state index contributed by atoms with van der Waals surface area (Å²) in [4.78, 5) is 0. The molecule has 1 atom stereocenters. The number of nitrogens with two attached hydrogens (primary N) is 1. The Morgan fingerprint density at radius 2 is 2.29 bits per heavy atom. The number of halogens is 1. The van der Waals surface area contributed by atoms with Crippen molar-refractivity contribution in [3.05, 3.63) is 28.8 Å².